The second-order valence-electron chi connectivity index (χ2n) is 5.69. The van der Waals surface area contributed by atoms with Gasteiger partial charge >= 0.3 is 5.97 Å². The molecule has 1 saturated heterocycles. The summed E-state index contributed by atoms with van der Waals surface area (Å²) >= 11 is 5.23. The van der Waals surface area contributed by atoms with E-state index in [1.54, 1.807) is 0 Å². The van der Waals surface area contributed by atoms with Gasteiger partial charge in [0.2, 0.25) is 5.91 Å². The van der Waals surface area contributed by atoms with Crippen LogP contribution in [0.15, 0.2) is 24.3 Å². The van der Waals surface area contributed by atoms with E-state index in [9.17, 15) is 18.8 Å². The molecule has 2 rings (SSSR count). The first kappa shape index (κ1) is 19.8. The van der Waals surface area contributed by atoms with Crippen molar-refractivity contribution in [3.63, 3.8) is 0 Å². The van der Waals surface area contributed by atoms with Gasteiger partial charge in [-0.25, -0.2) is 4.39 Å². The van der Waals surface area contributed by atoms with Crippen molar-refractivity contribution >= 4 is 35.1 Å². The molecule has 1 heterocycles. The number of esters is 1. The average molecular weight is 381 g/mol. The van der Waals surface area contributed by atoms with Crippen molar-refractivity contribution < 1.29 is 23.5 Å². The van der Waals surface area contributed by atoms with E-state index in [0.29, 0.717) is 19.5 Å². The standard InChI is InChI=1S/C17H20FN3O4S/c1-2-9-25-14(22)10-13-16(24)19-7-8-21(13)17(26)20-15(23)11-3-5-12(18)6-4-11/h3-6,13H,2,7-10H2,1H3,(H,19,24)(H,20,23,26)/t13-/m0/s1. The molecule has 2 amide bonds. The number of nitrogens with one attached hydrogen (secondary N) is 2. The molecule has 0 bridgehead atoms. The fourth-order valence-corrected chi connectivity index (χ4v) is 2.75. The maximum atomic E-state index is 13.0. The van der Waals surface area contributed by atoms with E-state index in [0.717, 1.165) is 0 Å². The van der Waals surface area contributed by atoms with Crippen molar-refractivity contribution in [2.75, 3.05) is 19.7 Å². The quantitative estimate of drug-likeness (QED) is 0.584. The third-order valence-electron chi connectivity index (χ3n) is 3.75. The molecule has 0 aromatic heterocycles. The molecule has 26 heavy (non-hydrogen) atoms. The minimum atomic E-state index is -0.853. The first-order chi connectivity index (χ1) is 12.4. The number of halogens is 1. The van der Waals surface area contributed by atoms with E-state index in [2.05, 4.69) is 10.6 Å². The number of hydrogen-bond acceptors (Lipinski definition) is 5. The van der Waals surface area contributed by atoms with Gasteiger partial charge in [0.05, 0.1) is 13.0 Å². The molecule has 1 aromatic carbocycles. The molecule has 140 valence electrons. The molecule has 0 saturated carbocycles. The van der Waals surface area contributed by atoms with E-state index < -0.39 is 23.7 Å². The van der Waals surface area contributed by atoms with Gasteiger partial charge in [-0.1, -0.05) is 6.92 Å². The second kappa shape index (κ2) is 9.23. The van der Waals surface area contributed by atoms with Crippen LogP contribution >= 0.6 is 12.2 Å². The first-order valence-corrected chi connectivity index (χ1v) is 8.64. The summed E-state index contributed by atoms with van der Waals surface area (Å²) in [6.07, 6.45) is 0.511. The van der Waals surface area contributed by atoms with Gasteiger partial charge in [-0.05, 0) is 42.9 Å². The number of carbonyl (C=O) groups is 3. The number of carbonyl (C=O) groups excluding carboxylic acids is 3. The Morgan fingerprint density at radius 1 is 1.38 bits per heavy atom. The van der Waals surface area contributed by atoms with Crippen LogP contribution in [0.5, 0.6) is 0 Å². The highest BCUT2D eigenvalue weighted by Crippen LogP contribution is 2.11. The number of ether oxygens (including phenoxy) is 1. The molecule has 0 unspecified atom stereocenters. The topological polar surface area (TPSA) is 87.7 Å². The zero-order chi connectivity index (χ0) is 19.1. The van der Waals surface area contributed by atoms with Crippen molar-refractivity contribution in [1.82, 2.24) is 15.5 Å². The van der Waals surface area contributed by atoms with Gasteiger partial charge in [-0.2, -0.15) is 0 Å². The van der Waals surface area contributed by atoms with Crippen LogP contribution in [0.4, 0.5) is 4.39 Å². The van der Waals surface area contributed by atoms with Crippen LogP contribution in [0, 0.1) is 5.82 Å². The molecular weight excluding hydrogens is 361 g/mol. The first-order valence-electron chi connectivity index (χ1n) is 8.23. The van der Waals surface area contributed by atoms with E-state index in [1.807, 2.05) is 6.92 Å². The summed E-state index contributed by atoms with van der Waals surface area (Å²) in [7, 11) is 0. The van der Waals surface area contributed by atoms with E-state index in [-0.39, 0.29) is 29.6 Å². The second-order valence-corrected chi connectivity index (χ2v) is 6.08. The average Bonchev–Trinajstić information content (AvgIpc) is 2.62. The number of benzene rings is 1. The Hall–Kier alpha value is -2.55. The van der Waals surface area contributed by atoms with Gasteiger partial charge in [0.25, 0.3) is 5.91 Å². The fraction of sp³-hybridized carbons (Fsp3) is 0.412. The molecule has 2 N–H and O–H groups in total. The predicted molar refractivity (Wildman–Crippen MR) is 95.8 cm³/mol. The largest absolute Gasteiger partial charge is 0.466 e. The number of piperazine rings is 1. The summed E-state index contributed by atoms with van der Waals surface area (Å²) in [6, 6.07) is 4.14. The highest BCUT2D eigenvalue weighted by molar-refractivity contribution is 7.80. The molecule has 1 aliphatic rings. The molecule has 9 heteroatoms. The van der Waals surface area contributed by atoms with Gasteiger partial charge in [0.1, 0.15) is 11.9 Å². The summed E-state index contributed by atoms with van der Waals surface area (Å²) < 4.78 is 18.0. The Labute approximate surface area is 155 Å². The molecular formula is C17H20FN3O4S. The molecule has 1 atom stereocenters. The number of amides is 2. The third kappa shape index (κ3) is 5.22. The lowest BCUT2D eigenvalue weighted by molar-refractivity contribution is -0.147. The van der Waals surface area contributed by atoms with Crippen LogP contribution in [-0.2, 0) is 14.3 Å². The van der Waals surface area contributed by atoms with Crippen molar-refractivity contribution in [2.24, 2.45) is 0 Å². The Balaban J connectivity index is 2.03. The Morgan fingerprint density at radius 3 is 2.73 bits per heavy atom. The monoisotopic (exact) mass is 381 g/mol. The summed E-state index contributed by atoms with van der Waals surface area (Å²) in [5.41, 5.74) is 0.231. The molecule has 0 spiro atoms. The van der Waals surface area contributed by atoms with Crippen LogP contribution in [0.1, 0.15) is 30.1 Å². The summed E-state index contributed by atoms with van der Waals surface area (Å²) in [5, 5.41) is 5.21. The lowest BCUT2D eigenvalue weighted by Gasteiger charge is -2.36. The van der Waals surface area contributed by atoms with Crippen molar-refractivity contribution in [2.45, 2.75) is 25.8 Å². The van der Waals surface area contributed by atoms with Crippen LogP contribution in [0.2, 0.25) is 0 Å². The lowest BCUT2D eigenvalue weighted by Crippen LogP contribution is -2.60. The van der Waals surface area contributed by atoms with E-state index >= 15 is 0 Å². The normalized spacial score (nSPS) is 16.6. The Bertz CT molecular complexity index is 696. The highest BCUT2D eigenvalue weighted by atomic mass is 32.1. The smallest absolute Gasteiger partial charge is 0.308 e. The molecule has 1 fully saturated rings. The van der Waals surface area contributed by atoms with Gasteiger partial charge in [0.15, 0.2) is 5.11 Å². The summed E-state index contributed by atoms with van der Waals surface area (Å²) in [5.74, 6) is -1.84. The number of hydrogen-bond donors (Lipinski definition) is 2. The summed E-state index contributed by atoms with van der Waals surface area (Å²) in [6.45, 7) is 2.83. The molecule has 0 radical (unpaired) electrons. The molecule has 1 aromatic rings. The SMILES string of the molecule is CCCOC(=O)C[C@H]1C(=O)NCCN1C(=S)NC(=O)c1ccc(F)cc1. The predicted octanol–water partition coefficient (Wildman–Crippen LogP) is 0.984. The Morgan fingerprint density at radius 2 is 2.08 bits per heavy atom. The van der Waals surface area contributed by atoms with Crippen LogP contribution in [0.3, 0.4) is 0 Å². The molecule has 0 aliphatic carbocycles. The number of rotatable bonds is 5. The van der Waals surface area contributed by atoms with Gasteiger partial charge in [0, 0.05) is 18.7 Å². The minimum absolute atomic E-state index is 0.0301. The van der Waals surface area contributed by atoms with Gasteiger partial charge < -0.3 is 15.0 Å². The third-order valence-corrected chi connectivity index (χ3v) is 4.08. The maximum absolute atomic E-state index is 13.0. The minimum Gasteiger partial charge on any atom is -0.466 e. The van der Waals surface area contributed by atoms with E-state index in [1.165, 1.54) is 29.2 Å². The zero-order valence-electron chi connectivity index (χ0n) is 14.3. The highest BCUT2D eigenvalue weighted by Gasteiger charge is 2.34. The fourth-order valence-electron chi connectivity index (χ4n) is 2.44. The summed E-state index contributed by atoms with van der Waals surface area (Å²) in [4.78, 5) is 37.7. The van der Waals surface area contributed by atoms with Crippen molar-refractivity contribution in [1.29, 1.82) is 0 Å². The zero-order valence-corrected chi connectivity index (χ0v) is 15.1. The molecule has 7 nitrogen and oxygen atoms in total. The van der Waals surface area contributed by atoms with Gasteiger partial charge in [-0.15, -0.1) is 0 Å². The van der Waals surface area contributed by atoms with Crippen LogP contribution in [-0.4, -0.2) is 53.5 Å². The van der Waals surface area contributed by atoms with Crippen LogP contribution < -0.4 is 10.6 Å². The van der Waals surface area contributed by atoms with Gasteiger partial charge in [-0.3, -0.25) is 19.7 Å². The number of nitrogens with zero attached hydrogens (tertiary/aromatic N) is 1. The molecule has 1 aliphatic heterocycles. The van der Waals surface area contributed by atoms with Crippen molar-refractivity contribution in [3.8, 4) is 0 Å². The van der Waals surface area contributed by atoms with E-state index in [4.69, 9.17) is 17.0 Å². The van der Waals surface area contributed by atoms with Crippen molar-refractivity contribution in [3.05, 3.63) is 35.6 Å². The lowest BCUT2D eigenvalue weighted by atomic mass is 10.1. The van der Waals surface area contributed by atoms with Crippen LogP contribution in [0.25, 0.3) is 0 Å². The number of thiocarbonyl (C=S) groups is 1. The maximum Gasteiger partial charge on any atom is 0.308 e. The Kier molecular flexibility index (Phi) is 7.02.